The SMILES string of the molecule is C=C(CC[C@]12O[C@H](/C(O)=C/[N+]#N)[C@@](O)(C(=O)OC)[C@](C(=O)OC)(O1)[C@H](OC(=O)/C=C/[C@@H](C)C[C@@H](C)CC)[C@H]2O)[C@@H](OC(C)=O)[C@H](C)Cc1ccccc1. The third-order valence-electron chi connectivity index (χ3n) is 9.86. The number of hydrogen-bond donors (Lipinski definition) is 3. The lowest BCUT2D eigenvalue weighted by Crippen LogP contribution is -2.77. The van der Waals surface area contributed by atoms with Gasteiger partial charge in [-0.25, -0.2) is 14.4 Å². The Labute approximate surface area is 309 Å². The zero-order valence-corrected chi connectivity index (χ0v) is 31.2. The second-order valence-corrected chi connectivity index (χ2v) is 13.8. The van der Waals surface area contributed by atoms with Crippen molar-refractivity contribution in [1.82, 2.24) is 0 Å². The quantitative estimate of drug-likeness (QED) is 0.0509. The third kappa shape index (κ3) is 8.79. The molecule has 10 atom stereocenters. The van der Waals surface area contributed by atoms with E-state index in [0.29, 0.717) is 24.1 Å². The molecular weight excluding hydrogens is 692 g/mol. The van der Waals surface area contributed by atoms with Crippen molar-refractivity contribution in [3.8, 4) is 0 Å². The summed E-state index contributed by atoms with van der Waals surface area (Å²) in [6.07, 6.45) is -2.94. The predicted molar refractivity (Wildman–Crippen MR) is 188 cm³/mol. The molecule has 0 aliphatic carbocycles. The number of esters is 4. The first kappa shape index (κ1) is 42.8. The van der Waals surface area contributed by atoms with E-state index in [0.717, 1.165) is 38.7 Å². The standard InChI is InChI=1S/C38H50N2O13/c1-9-22(2)19-23(3)15-16-29(43)51-33-31(44)36(18-17-24(4)30(50-26(6)41)25(5)20-27-13-11-10-12-14-27)52-32(28(42)21-40-39)37(47,34(45)48-7)38(33,53-36)35(46)49-8/h10-16,21-23,25,30-33,44,47H,4,9,17-20H2,1-3,5-8H3/p+1/b16-15+,28-21-/t22-,23+,25+,30+,31+,32+,33+,36-,37+,38-/m0/s1. The highest BCUT2D eigenvalue weighted by atomic mass is 16.8. The van der Waals surface area contributed by atoms with Gasteiger partial charge >= 0.3 is 30.1 Å². The minimum absolute atomic E-state index is 0.0770. The highest BCUT2D eigenvalue weighted by Gasteiger charge is 2.86. The van der Waals surface area contributed by atoms with Crippen LogP contribution >= 0.6 is 0 Å². The van der Waals surface area contributed by atoms with Gasteiger partial charge in [0, 0.05) is 25.3 Å². The van der Waals surface area contributed by atoms with Gasteiger partial charge < -0.3 is 43.7 Å². The number of fused-ring (bicyclic) bond motifs is 2. The van der Waals surface area contributed by atoms with Gasteiger partial charge in [0.15, 0.2) is 17.2 Å². The van der Waals surface area contributed by atoms with Gasteiger partial charge in [-0.2, -0.15) is 0 Å². The van der Waals surface area contributed by atoms with Crippen molar-refractivity contribution in [3.63, 3.8) is 0 Å². The summed E-state index contributed by atoms with van der Waals surface area (Å²) in [7, 11) is 1.74. The molecule has 2 fully saturated rings. The van der Waals surface area contributed by atoms with E-state index in [1.54, 1.807) is 6.08 Å². The summed E-state index contributed by atoms with van der Waals surface area (Å²) < 4.78 is 33.3. The molecule has 0 aromatic heterocycles. The molecule has 0 unspecified atom stereocenters. The van der Waals surface area contributed by atoms with Crippen molar-refractivity contribution in [2.75, 3.05) is 14.2 Å². The molecule has 53 heavy (non-hydrogen) atoms. The Kier molecular flexibility index (Phi) is 14.5. The molecule has 0 spiro atoms. The van der Waals surface area contributed by atoms with Gasteiger partial charge in [-0.15, -0.1) is 0 Å². The number of carbonyl (C=O) groups is 4. The molecule has 3 rings (SSSR count). The first-order valence-electron chi connectivity index (χ1n) is 17.4. The van der Waals surface area contributed by atoms with Crippen LogP contribution in [-0.2, 0) is 54.0 Å². The van der Waals surface area contributed by atoms with E-state index in [1.807, 2.05) is 51.1 Å². The summed E-state index contributed by atoms with van der Waals surface area (Å²) in [6.45, 7) is 13.2. The van der Waals surface area contributed by atoms with Crippen molar-refractivity contribution in [2.45, 2.75) is 108 Å². The number of diazo groups is 1. The molecule has 0 amide bonds. The number of aliphatic hydroxyl groups is 3. The van der Waals surface area contributed by atoms with Gasteiger partial charge in [-0.3, -0.25) is 4.79 Å². The van der Waals surface area contributed by atoms with Crippen molar-refractivity contribution < 1.29 is 62.9 Å². The molecular formula is C38H51N2O13+. The average Bonchev–Trinajstić information content (AvgIpc) is 3.34. The summed E-state index contributed by atoms with van der Waals surface area (Å²) in [4.78, 5) is 55.7. The maximum absolute atomic E-state index is 13.9. The van der Waals surface area contributed by atoms with Crippen molar-refractivity contribution >= 4 is 23.9 Å². The molecule has 2 heterocycles. The summed E-state index contributed by atoms with van der Waals surface area (Å²) in [5.74, 6) is -8.39. The number of carbonyl (C=O) groups excluding carboxylic acids is 4. The van der Waals surface area contributed by atoms with Crippen LogP contribution in [0.4, 0.5) is 0 Å². The fourth-order valence-corrected chi connectivity index (χ4v) is 7.04. The summed E-state index contributed by atoms with van der Waals surface area (Å²) in [6, 6.07) is 9.44. The molecule has 2 aliphatic heterocycles. The first-order chi connectivity index (χ1) is 25.0. The average molecular weight is 744 g/mol. The van der Waals surface area contributed by atoms with Crippen LogP contribution in [0.15, 0.2) is 66.6 Å². The zero-order valence-electron chi connectivity index (χ0n) is 31.2. The van der Waals surface area contributed by atoms with E-state index >= 15 is 0 Å². The predicted octanol–water partition coefficient (Wildman–Crippen LogP) is 4.23. The van der Waals surface area contributed by atoms with Crippen LogP contribution in [0.3, 0.4) is 0 Å². The lowest BCUT2D eigenvalue weighted by Gasteiger charge is -2.50. The largest absolute Gasteiger partial charge is 0.503 e. The topological polar surface area (TPSA) is 212 Å². The maximum Gasteiger partial charge on any atom is 0.390 e. The van der Waals surface area contributed by atoms with Crippen molar-refractivity contribution in [1.29, 1.82) is 5.39 Å². The molecule has 1 aromatic rings. The van der Waals surface area contributed by atoms with Crippen LogP contribution in [0.1, 0.15) is 65.9 Å². The molecule has 0 radical (unpaired) electrons. The Morgan fingerprint density at radius 2 is 1.74 bits per heavy atom. The van der Waals surface area contributed by atoms with Gasteiger partial charge in [0.25, 0.3) is 5.60 Å². The molecule has 2 saturated heterocycles. The lowest BCUT2D eigenvalue weighted by molar-refractivity contribution is -0.376. The van der Waals surface area contributed by atoms with E-state index < -0.39 is 77.5 Å². The van der Waals surface area contributed by atoms with Gasteiger partial charge in [-0.05, 0) is 42.2 Å². The summed E-state index contributed by atoms with van der Waals surface area (Å²) >= 11 is 0. The number of nitrogens with zero attached hydrogens (tertiary/aromatic N) is 2. The molecule has 1 aromatic carbocycles. The Morgan fingerprint density at radius 3 is 2.30 bits per heavy atom. The van der Waals surface area contributed by atoms with Crippen LogP contribution in [0.25, 0.3) is 4.98 Å². The van der Waals surface area contributed by atoms with E-state index in [1.165, 1.54) is 6.92 Å². The van der Waals surface area contributed by atoms with Gasteiger partial charge in [0.1, 0.15) is 12.2 Å². The highest BCUT2D eigenvalue weighted by molar-refractivity contribution is 5.96. The number of ether oxygens (including phenoxy) is 6. The second kappa shape index (κ2) is 17.9. The molecule has 15 heteroatoms. The summed E-state index contributed by atoms with van der Waals surface area (Å²) in [5.41, 5.74) is -5.28. The second-order valence-electron chi connectivity index (χ2n) is 13.8. The summed E-state index contributed by atoms with van der Waals surface area (Å²) in [5, 5.41) is 44.5. The third-order valence-corrected chi connectivity index (χ3v) is 9.86. The minimum atomic E-state index is -3.43. The fraction of sp³-hybridized carbons (Fsp3) is 0.579. The van der Waals surface area contributed by atoms with Gasteiger partial charge in [0.2, 0.25) is 22.5 Å². The number of benzene rings is 1. The van der Waals surface area contributed by atoms with Crippen LogP contribution in [0, 0.1) is 23.1 Å². The zero-order chi connectivity index (χ0) is 39.7. The van der Waals surface area contributed by atoms with Gasteiger partial charge in [0.05, 0.1) is 14.2 Å². The number of methoxy groups -OCH3 is 2. The Morgan fingerprint density at radius 1 is 1.09 bits per heavy atom. The van der Waals surface area contributed by atoms with Crippen LogP contribution in [0.5, 0.6) is 0 Å². The number of rotatable bonds is 17. The minimum Gasteiger partial charge on any atom is -0.503 e. The Bertz CT molecular complexity index is 1610. The number of aliphatic hydroxyl groups excluding tert-OH is 2. The van der Waals surface area contributed by atoms with Gasteiger partial charge in [-0.1, -0.05) is 77.1 Å². The van der Waals surface area contributed by atoms with Crippen LogP contribution in [-0.4, -0.2) is 94.8 Å². The first-order valence-corrected chi connectivity index (χ1v) is 17.4. The normalized spacial score (nSPS) is 28.9. The van der Waals surface area contributed by atoms with Crippen LogP contribution < -0.4 is 0 Å². The molecule has 3 N–H and O–H groups in total. The monoisotopic (exact) mass is 743 g/mol. The fourth-order valence-electron chi connectivity index (χ4n) is 7.04. The van der Waals surface area contributed by atoms with E-state index in [-0.39, 0.29) is 18.3 Å². The van der Waals surface area contributed by atoms with E-state index in [2.05, 4.69) is 18.5 Å². The maximum atomic E-state index is 13.9. The molecule has 2 bridgehead atoms. The molecule has 0 saturated carbocycles. The Hall–Kier alpha value is -4.62. The molecule has 2 aliphatic rings. The molecule has 15 nitrogen and oxygen atoms in total. The smallest absolute Gasteiger partial charge is 0.390 e. The number of allylic oxidation sites excluding steroid dienone is 1. The lowest BCUT2D eigenvalue weighted by atomic mass is 9.74. The molecule has 290 valence electrons. The van der Waals surface area contributed by atoms with E-state index in [9.17, 15) is 39.9 Å². The highest BCUT2D eigenvalue weighted by Crippen LogP contribution is 2.57. The van der Waals surface area contributed by atoms with E-state index in [4.69, 9.17) is 28.4 Å². The van der Waals surface area contributed by atoms with Crippen molar-refractivity contribution in [3.05, 3.63) is 77.1 Å². The van der Waals surface area contributed by atoms with Crippen molar-refractivity contribution in [2.24, 2.45) is 17.8 Å². The number of hydrogen-bond acceptors (Lipinski definition) is 14. The van der Waals surface area contributed by atoms with Crippen LogP contribution in [0.2, 0.25) is 0 Å². The Balaban J connectivity index is 2.14.